The number of nitrogens with zero attached hydrogens (tertiary/aromatic N) is 1. The van der Waals surface area contributed by atoms with E-state index in [2.05, 4.69) is 29.3 Å². The molecule has 3 N–H and O–H groups in total. The molecule has 2 rings (SSSR count). The van der Waals surface area contributed by atoms with Gasteiger partial charge in [-0.05, 0) is 49.5 Å². The normalized spacial score (nSPS) is 18.7. The number of likely N-dealkylation sites (tertiary alicyclic amines) is 1. The van der Waals surface area contributed by atoms with Crippen molar-refractivity contribution >= 4 is 11.6 Å². The highest BCUT2D eigenvalue weighted by molar-refractivity contribution is 5.94. The maximum Gasteiger partial charge on any atom is 0.241 e. The Bertz CT molecular complexity index is 483. The van der Waals surface area contributed by atoms with E-state index in [-0.39, 0.29) is 11.8 Å². The molecule has 1 heterocycles. The number of carbonyl (C=O) groups excluding carboxylic acids is 1. The molecule has 0 saturated carbocycles. The highest BCUT2D eigenvalue weighted by Crippen LogP contribution is 2.17. The van der Waals surface area contributed by atoms with Crippen LogP contribution in [-0.4, -0.2) is 29.9 Å². The zero-order valence-corrected chi connectivity index (χ0v) is 13.8. The molecule has 1 amide bonds. The summed E-state index contributed by atoms with van der Waals surface area (Å²) in [5.41, 5.74) is 8.08. The van der Waals surface area contributed by atoms with Crippen molar-refractivity contribution in [3.8, 4) is 0 Å². The van der Waals surface area contributed by atoms with E-state index in [0.717, 1.165) is 18.7 Å². The van der Waals surface area contributed by atoms with Crippen LogP contribution >= 0.6 is 0 Å². The Labute approximate surface area is 134 Å². The molecular weight excluding hydrogens is 274 g/mol. The first-order chi connectivity index (χ1) is 10.6. The lowest BCUT2D eigenvalue weighted by atomic mass is 9.99. The third-order valence-electron chi connectivity index (χ3n) is 4.61. The molecule has 1 saturated heterocycles. The molecule has 2 atom stereocenters. The minimum Gasteiger partial charge on any atom is -0.325 e. The third-order valence-corrected chi connectivity index (χ3v) is 4.61. The van der Waals surface area contributed by atoms with E-state index < -0.39 is 6.04 Å². The zero-order valence-electron chi connectivity index (χ0n) is 13.8. The van der Waals surface area contributed by atoms with E-state index in [1.54, 1.807) is 0 Å². The van der Waals surface area contributed by atoms with E-state index in [9.17, 15) is 4.79 Å². The van der Waals surface area contributed by atoms with Crippen LogP contribution in [-0.2, 0) is 11.3 Å². The summed E-state index contributed by atoms with van der Waals surface area (Å²) in [6, 6.07) is 7.68. The van der Waals surface area contributed by atoms with Crippen LogP contribution in [0.25, 0.3) is 0 Å². The average molecular weight is 303 g/mol. The topological polar surface area (TPSA) is 58.4 Å². The maximum atomic E-state index is 12.2. The predicted molar refractivity (Wildman–Crippen MR) is 91.6 cm³/mol. The average Bonchev–Trinajstić information content (AvgIpc) is 2.54. The van der Waals surface area contributed by atoms with Crippen molar-refractivity contribution in [3.63, 3.8) is 0 Å². The molecule has 1 aliphatic rings. The minimum absolute atomic E-state index is 0.0931. The van der Waals surface area contributed by atoms with Gasteiger partial charge in [-0.25, -0.2) is 0 Å². The first kappa shape index (κ1) is 17.0. The molecule has 1 aromatic carbocycles. The van der Waals surface area contributed by atoms with Crippen LogP contribution in [0, 0.1) is 5.92 Å². The summed E-state index contributed by atoms with van der Waals surface area (Å²) >= 11 is 0. The Morgan fingerprint density at radius 2 is 2.05 bits per heavy atom. The second-order valence-corrected chi connectivity index (χ2v) is 6.44. The van der Waals surface area contributed by atoms with Crippen LogP contribution in [0.2, 0.25) is 0 Å². The second kappa shape index (κ2) is 8.30. The maximum absolute atomic E-state index is 12.2. The summed E-state index contributed by atoms with van der Waals surface area (Å²) in [5.74, 6) is 0.0982. The fraction of sp³-hybridized carbons (Fsp3) is 0.611. The Hall–Kier alpha value is -1.39. The summed E-state index contributed by atoms with van der Waals surface area (Å²) in [6.45, 7) is 7.38. The van der Waals surface area contributed by atoms with Crippen LogP contribution < -0.4 is 11.1 Å². The zero-order chi connectivity index (χ0) is 15.9. The molecule has 4 nitrogen and oxygen atoms in total. The summed E-state index contributed by atoms with van der Waals surface area (Å²) < 4.78 is 0. The number of hydrogen-bond acceptors (Lipinski definition) is 3. The molecule has 1 aliphatic heterocycles. The molecule has 22 heavy (non-hydrogen) atoms. The van der Waals surface area contributed by atoms with Gasteiger partial charge in [0, 0.05) is 12.2 Å². The Morgan fingerprint density at radius 3 is 2.73 bits per heavy atom. The lowest BCUT2D eigenvalue weighted by Crippen LogP contribution is -2.40. The lowest BCUT2D eigenvalue weighted by molar-refractivity contribution is -0.118. The molecule has 0 radical (unpaired) electrons. The predicted octanol–water partition coefficient (Wildman–Crippen LogP) is 2.98. The number of hydrogen-bond donors (Lipinski definition) is 2. The molecule has 1 fully saturated rings. The first-order valence-electron chi connectivity index (χ1n) is 8.48. The van der Waals surface area contributed by atoms with Crippen LogP contribution in [0.15, 0.2) is 24.3 Å². The van der Waals surface area contributed by atoms with Crippen molar-refractivity contribution in [1.29, 1.82) is 0 Å². The number of piperidine rings is 1. The van der Waals surface area contributed by atoms with Crippen molar-refractivity contribution in [1.82, 2.24) is 4.90 Å². The van der Waals surface area contributed by atoms with Crippen molar-refractivity contribution in [2.24, 2.45) is 11.7 Å². The van der Waals surface area contributed by atoms with Crippen molar-refractivity contribution in [2.45, 2.75) is 52.1 Å². The number of rotatable bonds is 6. The van der Waals surface area contributed by atoms with Gasteiger partial charge in [-0.2, -0.15) is 0 Å². The highest BCUT2D eigenvalue weighted by atomic mass is 16.2. The Morgan fingerprint density at radius 1 is 1.32 bits per heavy atom. The number of nitrogens with two attached hydrogens (primary N) is 1. The molecule has 0 bridgehead atoms. The number of amides is 1. The fourth-order valence-corrected chi connectivity index (χ4v) is 2.86. The number of anilines is 1. The van der Waals surface area contributed by atoms with Gasteiger partial charge < -0.3 is 11.1 Å². The molecule has 0 aliphatic carbocycles. The smallest absolute Gasteiger partial charge is 0.241 e. The van der Waals surface area contributed by atoms with Crippen LogP contribution in [0.4, 0.5) is 5.69 Å². The SMILES string of the molecule is CCC(C)C(N)C(=O)Nc1cccc(CN2CCCCC2)c1. The monoisotopic (exact) mass is 303 g/mol. The largest absolute Gasteiger partial charge is 0.325 e. The second-order valence-electron chi connectivity index (χ2n) is 6.44. The van der Waals surface area contributed by atoms with Crippen molar-refractivity contribution in [3.05, 3.63) is 29.8 Å². The van der Waals surface area contributed by atoms with Crippen molar-refractivity contribution in [2.75, 3.05) is 18.4 Å². The molecular formula is C18H29N3O. The molecule has 0 aromatic heterocycles. The van der Waals surface area contributed by atoms with Gasteiger partial charge in [0.1, 0.15) is 0 Å². The number of nitrogens with one attached hydrogen (secondary N) is 1. The fourth-order valence-electron chi connectivity index (χ4n) is 2.86. The van der Waals surface area contributed by atoms with Crippen LogP contribution in [0.1, 0.15) is 45.1 Å². The van der Waals surface area contributed by atoms with Crippen LogP contribution in [0.5, 0.6) is 0 Å². The van der Waals surface area contributed by atoms with Gasteiger partial charge in [0.25, 0.3) is 0 Å². The van der Waals surface area contributed by atoms with Gasteiger partial charge in [-0.15, -0.1) is 0 Å². The summed E-state index contributed by atoms with van der Waals surface area (Å²) in [5, 5.41) is 2.95. The van der Waals surface area contributed by atoms with E-state index in [1.807, 2.05) is 19.1 Å². The molecule has 1 aromatic rings. The van der Waals surface area contributed by atoms with Gasteiger partial charge in [-0.1, -0.05) is 38.8 Å². The summed E-state index contributed by atoms with van der Waals surface area (Å²) in [7, 11) is 0. The van der Waals surface area contributed by atoms with Crippen LogP contribution in [0.3, 0.4) is 0 Å². The standard InChI is InChI=1S/C18H29N3O/c1-3-14(2)17(19)18(22)20-16-9-7-8-15(12-16)13-21-10-5-4-6-11-21/h7-9,12,14,17H,3-6,10-11,13,19H2,1-2H3,(H,20,22). The first-order valence-corrected chi connectivity index (χ1v) is 8.48. The molecule has 122 valence electrons. The van der Waals surface area contributed by atoms with Gasteiger partial charge in [-0.3, -0.25) is 9.69 Å². The molecule has 4 heteroatoms. The van der Waals surface area contributed by atoms with E-state index in [0.29, 0.717) is 0 Å². The minimum atomic E-state index is -0.448. The summed E-state index contributed by atoms with van der Waals surface area (Å²) in [4.78, 5) is 14.6. The quantitative estimate of drug-likeness (QED) is 0.849. The number of carbonyl (C=O) groups is 1. The Balaban J connectivity index is 1.94. The van der Waals surface area contributed by atoms with Gasteiger partial charge in [0.15, 0.2) is 0 Å². The third kappa shape index (κ3) is 4.82. The lowest BCUT2D eigenvalue weighted by Gasteiger charge is -2.26. The number of benzene rings is 1. The Kier molecular flexibility index (Phi) is 6.40. The van der Waals surface area contributed by atoms with Gasteiger partial charge in [0.2, 0.25) is 5.91 Å². The van der Waals surface area contributed by atoms with E-state index in [4.69, 9.17) is 5.73 Å². The summed E-state index contributed by atoms with van der Waals surface area (Å²) in [6.07, 6.45) is 4.84. The van der Waals surface area contributed by atoms with Gasteiger partial charge >= 0.3 is 0 Å². The van der Waals surface area contributed by atoms with E-state index >= 15 is 0 Å². The van der Waals surface area contributed by atoms with Crippen molar-refractivity contribution < 1.29 is 4.79 Å². The highest BCUT2D eigenvalue weighted by Gasteiger charge is 2.19. The van der Waals surface area contributed by atoms with Gasteiger partial charge in [0.05, 0.1) is 6.04 Å². The molecule has 0 spiro atoms. The van der Waals surface area contributed by atoms with E-state index in [1.165, 1.54) is 37.9 Å². The molecule has 2 unspecified atom stereocenters.